The zero-order valence-corrected chi connectivity index (χ0v) is 33.9. The van der Waals surface area contributed by atoms with Crippen LogP contribution in [-0.2, 0) is 48.6 Å². The predicted molar refractivity (Wildman–Crippen MR) is 204 cm³/mol. The Morgan fingerprint density at radius 1 is 1.02 bits per heavy atom. The smallest absolute Gasteiger partial charge is 0.330 e. The third-order valence-electron chi connectivity index (χ3n) is 11.4. The predicted octanol–water partition coefficient (Wildman–Crippen LogP) is 0.218. The zero-order valence-electron chi connectivity index (χ0n) is 32.4. The molecular formula is C37H47Cl2N7O12. The Bertz CT molecular complexity index is 1940. The Hall–Kier alpha value is -4.56. The van der Waals surface area contributed by atoms with Gasteiger partial charge < -0.3 is 51.0 Å². The maximum absolute atomic E-state index is 14.9. The van der Waals surface area contributed by atoms with Crippen molar-refractivity contribution in [2.75, 3.05) is 19.0 Å². The largest absolute Gasteiger partial charge is 0.481 e. The number of hydrogen-bond donors (Lipinski definition) is 7. The number of anilines is 1. The van der Waals surface area contributed by atoms with Crippen LogP contribution in [0.3, 0.4) is 0 Å². The molecule has 316 valence electrons. The Morgan fingerprint density at radius 3 is 2.31 bits per heavy atom. The lowest BCUT2D eigenvalue weighted by molar-refractivity contribution is -0.173. The second-order valence-corrected chi connectivity index (χ2v) is 17.5. The number of ether oxygens (including phenoxy) is 2. The minimum Gasteiger partial charge on any atom is -0.481 e. The first-order valence-electron chi connectivity index (χ1n) is 18.8. The third-order valence-corrected chi connectivity index (χ3v) is 12.2. The molecule has 1 aromatic rings. The van der Waals surface area contributed by atoms with E-state index in [9.17, 15) is 48.9 Å². The van der Waals surface area contributed by atoms with Gasteiger partial charge in [-0.3, -0.25) is 28.8 Å². The van der Waals surface area contributed by atoms with Crippen LogP contribution in [0.2, 0.25) is 10.0 Å². The van der Waals surface area contributed by atoms with Crippen molar-refractivity contribution in [3.63, 3.8) is 0 Å². The van der Waals surface area contributed by atoms with Gasteiger partial charge in [0.2, 0.25) is 23.6 Å². The summed E-state index contributed by atoms with van der Waals surface area (Å²) in [6.07, 6.45) is -4.09. The normalized spacial score (nSPS) is 31.9. The third kappa shape index (κ3) is 7.93. The lowest BCUT2D eigenvalue weighted by Gasteiger charge is -2.38. The van der Waals surface area contributed by atoms with Crippen LogP contribution in [-0.4, -0.2) is 135 Å². The second-order valence-electron chi connectivity index (χ2n) is 16.7. The number of amides is 5. The summed E-state index contributed by atoms with van der Waals surface area (Å²) >= 11 is 12.8. The molecule has 7 N–H and O–H groups in total. The summed E-state index contributed by atoms with van der Waals surface area (Å²) in [6, 6.07) is -5.17. The maximum atomic E-state index is 14.9. The number of aliphatic hydroxyl groups excluding tert-OH is 1. The van der Waals surface area contributed by atoms with Gasteiger partial charge in [-0.15, -0.1) is 0 Å². The van der Waals surface area contributed by atoms with Gasteiger partial charge in [0.25, 0.3) is 5.91 Å². The number of carboxylic acid groups (broad SMARTS) is 1. The summed E-state index contributed by atoms with van der Waals surface area (Å²) in [5.41, 5.74) is -3.70. The second kappa shape index (κ2) is 15.9. The van der Waals surface area contributed by atoms with Gasteiger partial charge in [-0.25, -0.2) is 9.80 Å². The van der Waals surface area contributed by atoms with Crippen molar-refractivity contribution < 1.29 is 58.4 Å². The SMILES string of the molecule is COC[C@@H]1NC(=O)[C@@H]2CCC=NN2C(=O)[C@H](C(C)(C)C)OC(=O)[C@@H](C2(C)CC2)NC(=O)[C@@H]2C[C@@]3(O)c4ccc(Cl)c(Cl)c4N[C@H]3N2C(=O)[C@@H]([C@@H](O)CC(=O)O)NC1=O. The Balaban J connectivity index is 1.49. The standard InChI is InChI=1S/C37H47Cl2N7O12/c1-35(2,3)27-32(54)46-19(7-6-12-40-46)29(51)41-18(15-57-5)28(50)42-25(21(47)13-22(48)49)31(53)45-20(30(52)44-26(33(55)58-27)36(4)10-11-36)14-37(56)16-8-9-17(38)23(39)24(16)43-34(37)45/h8-9,12,18-21,25-27,34,43,47,56H,6-7,10-11,13-15H2,1-5H3,(H,41,51)(H,42,50)(H,44,52)(H,48,49)/t18-,19-,20-,21-,25+,26-,27+,34-,37+/m0/s1. The fraction of sp³-hybridized carbons (Fsp3) is 0.622. The molecular weight excluding hydrogens is 805 g/mol. The number of fused-ring (bicyclic) bond motifs is 6. The summed E-state index contributed by atoms with van der Waals surface area (Å²) in [5, 5.41) is 48.9. The highest BCUT2D eigenvalue weighted by Gasteiger charge is 2.63. The highest BCUT2D eigenvalue weighted by atomic mass is 35.5. The van der Waals surface area contributed by atoms with Crippen LogP contribution in [0, 0.1) is 10.8 Å². The number of cyclic esters (lactones) is 1. The number of nitrogens with zero attached hydrogens (tertiary/aromatic N) is 3. The van der Waals surface area contributed by atoms with Gasteiger partial charge in [0.05, 0.1) is 34.9 Å². The van der Waals surface area contributed by atoms with E-state index in [1.807, 2.05) is 0 Å². The molecule has 3 fully saturated rings. The molecule has 4 aliphatic heterocycles. The fourth-order valence-corrected chi connectivity index (χ4v) is 8.26. The van der Waals surface area contributed by atoms with Crippen molar-refractivity contribution in [3.8, 4) is 0 Å². The number of aliphatic hydroxyl groups is 2. The molecule has 1 saturated carbocycles. The lowest BCUT2D eigenvalue weighted by atomic mass is 9.87. The molecule has 0 radical (unpaired) electrons. The summed E-state index contributed by atoms with van der Waals surface area (Å²) in [7, 11) is 1.22. The van der Waals surface area contributed by atoms with Crippen molar-refractivity contribution in [2.45, 2.75) is 120 Å². The Morgan fingerprint density at radius 2 is 1.69 bits per heavy atom. The van der Waals surface area contributed by atoms with E-state index in [1.54, 1.807) is 27.7 Å². The maximum Gasteiger partial charge on any atom is 0.330 e. The Labute approximate surface area is 343 Å². The van der Waals surface area contributed by atoms with Crippen molar-refractivity contribution in [1.82, 2.24) is 25.9 Å². The fourth-order valence-electron chi connectivity index (χ4n) is 7.88. The van der Waals surface area contributed by atoms with E-state index in [0.717, 1.165) is 9.91 Å². The van der Waals surface area contributed by atoms with Crippen molar-refractivity contribution in [3.05, 3.63) is 27.7 Å². The van der Waals surface area contributed by atoms with Gasteiger partial charge in [0, 0.05) is 30.7 Å². The van der Waals surface area contributed by atoms with Gasteiger partial charge in [-0.2, -0.15) is 5.10 Å². The van der Waals surface area contributed by atoms with E-state index < -0.39 is 126 Å². The molecule has 5 amide bonds. The number of methoxy groups -OCH3 is 1. The first-order valence-corrected chi connectivity index (χ1v) is 19.5. The summed E-state index contributed by atoms with van der Waals surface area (Å²) in [4.78, 5) is 98.7. The molecule has 1 aromatic carbocycles. The molecule has 6 rings (SSSR count). The zero-order chi connectivity index (χ0) is 42.6. The molecule has 19 nitrogen and oxygen atoms in total. The quantitative estimate of drug-likeness (QED) is 0.189. The number of carbonyl (C=O) groups is 7. The monoisotopic (exact) mass is 851 g/mol. The highest BCUT2D eigenvalue weighted by Crippen LogP contribution is 2.53. The number of aliphatic carboxylic acids is 1. The number of carbonyl (C=O) groups excluding carboxylic acids is 6. The molecule has 5 aliphatic rings. The van der Waals surface area contributed by atoms with Crippen LogP contribution in [0.1, 0.15) is 71.8 Å². The van der Waals surface area contributed by atoms with Gasteiger partial charge in [0.1, 0.15) is 42.0 Å². The average Bonchev–Trinajstić information content (AvgIpc) is 3.73. The number of esters is 1. The molecule has 0 bridgehead atoms. The number of benzene rings is 1. The van der Waals surface area contributed by atoms with E-state index in [-0.39, 0.29) is 34.1 Å². The van der Waals surface area contributed by atoms with Crippen LogP contribution < -0.4 is 21.3 Å². The van der Waals surface area contributed by atoms with E-state index in [0.29, 0.717) is 12.8 Å². The summed E-state index contributed by atoms with van der Waals surface area (Å²) in [6.45, 7) is 6.16. The number of halogens is 2. The molecule has 1 aliphatic carbocycles. The first-order chi connectivity index (χ1) is 27.1. The number of hydrogen-bond acceptors (Lipinski definition) is 13. The van der Waals surface area contributed by atoms with Gasteiger partial charge in [0.15, 0.2) is 6.10 Å². The molecule has 0 unspecified atom stereocenters. The molecule has 0 spiro atoms. The topological polar surface area (TPSA) is 266 Å². The highest BCUT2D eigenvalue weighted by molar-refractivity contribution is 6.44. The van der Waals surface area contributed by atoms with Crippen LogP contribution in [0.4, 0.5) is 5.69 Å². The van der Waals surface area contributed by atoms with Crippen LogP contribution in [0.5, 0.6) is 0 Å². The molecule has 58 heavy (non-hydrogen) atoms. The van der Waals surface area contributed by atoms with Crippen LogP contribution in [0.15, 0.2) is 17.2 Å². The van der Waals surface area contributed by atoms with Crippen molar-refractivity contribution >= 4 is 76.6 Å². The van der Waals surface area contributed by atoms with Gasteiger partial charge >= 0.3 is 11.9 Å². The number of nitrogens with one attached hydrogen (secondary N) is 4. The van der Waals surface area contributed by atoms with E-state index in [1.165, 1.54) is 25.5 Å². The van der Waals surface area contributed by atoms with Gasteiger partial charge in [-0.1, -0.05) is 57.0 Å². The minimum atomic E-state index is -2.12. The lowest BCUT2D eigenvalue weighted by Crippen LogP contribution is -2.64. The van der Waals surface area contributed by atoms with Crippen molar-refractivity contribution in [2.24, 2.45) is 15.9 Å². The molecule has 0 aromatic heterocycles. The summed E-state index contributed by atoms with van der Waals surface area (Å²) in [5.74, 6) is -7.50. The van der Waals surface area contributed by atoms with E-state index in [2.05, 4.69) is 26.4 Å². The molecule has 2 saturated heterocycles. The minimum absolute atomic E-state index is 0.0135. The number of carboxylic acids is 1. The van der Waals surface area contributed by atoms with Crippen LogP contribution >= 0.6 is 23.2 Å². The molecule has 21 heteroatoms. The van der Waals surface area contributed by atoms with Crippen LogP contribution in [0.25, 0.3) is 0 Å². The van der Waals surface area contributed by atoms with E-state index >= 15 is 0 Å². The Kier molecular flexibility index (Phi) is 11.8. The van der Waals surface area contributed by atoms with Gasteiger partial charge in [-0.05, 0) is 37.2 Å². The number of rotatable bonds is 6. The van der Waals surface area contributed by atoms with E-state index in [4.69, 9.17) is 32.7 Å². The average molecular weight is 853 g/mol. The number of hydrazone groups is 1. The summed E-state index contributed by atoms with van der Waals surface area (Å²) < 4.78 is 11.1. The van der Waals surface area contributed by atoms with Crippen molar-refractivity contribution in [1.29, 1.82) is 0 Å². The first kappa shape index (κ1) is 43.0. The molecule has 4 heterocycles. The molecule has 9 atom stereocenters.